The van der Waals surface area contributed by atoms with Crippen LogP contribution < -0.4 is 10.6 Å². The number of hydrogen-bond donors (Lipinski definition) is 4. The lowest BCUT2D eigenvalue weighted by molar-refractivity contribution is -0.132. The van der Waals surface area contributed by atoms with Gasteiger partial charge < -0.3 is 20.6 Å². The van der Waals surface area contributed by atoms with E-state index >= 15 is 0 Å². The first kappa shape index (κ1) is 23.9. The van der Waals surface area contributed by atoms with E-state index in [0.29, 0.717) is 32.0 Å². The minimum absolute atomic E-state index is 0.0424. The molecular weight excluding hydrogens is 460 g/mol. The first-order valence-electron chi connectivity index (χ1n) is 12.1. The fourth-order valence-corrected chi connectivity index (χ4v) is 4.60. The van der Waals surface area contributed by atoms with Crippen molar-refractivity contribution in [2.24, 2.45) is 0 Å². The number of carbonyl (C=O) groups is 2. The number of amides is 2. The number of hydrogen-bond acceptors (Lipinski definition) is 8. The molecule has 2 amide bonds. The van der Waals surface area contributed by atoms with E-state index in [1.165, 1.54) is 6.33 Å². The molecular formula is C25H30N8O3. The summed E-state index contributed by atoms with van der Waals surface area (Å²) in [5.74, 6) is 0.198. The highest BCUT2D eigenvalue weighted by Crippen LogP contribution is 2.28. The van der Waals surface area contributed by atoms with E-state index in [0.717, 1.165) is 35.5 Å². The van der Waals surface area contributed by atoms with Gasteiger partial charge in [0.1, 0.15) is 17.8 Å². The van der Waals surface area contributed by atoms with E-state index in [1.807, 2.05) is 30.3 Å². The molecule has 0 spiro atoms. The quantitative estimate of drug-likeness (QED) is 0.361. The van der Waals surface area contributed by atoms with Crippen molar-refractivity contribution in [2.75, 3.05) is 38.0 Å². The Morgan fingerprint density at radius 1 is 1.22 bits per heavy atom. The Balaban J connectivity index is 1.11. The second-order valence-electron chi connectivity index (χ2n) is 9.30. The summed E-state index contributed by atoms with van der Waals surface area (Å²) in [6.07, 6.45) is 1.43. The van der Waals surface area contributed by atoms with Crippen LogP contribution in [0.2, 0.25) is 0 Å². The van der Waals surface area contributed by atoms with Gasteiger partial charge in [-0.1, -0.05) is 30.3 Å². The number of nitrogens with one attached hydrogen (secondary N) is 3. The number of rotatable bonds is 8. The van der Waals surface area contributed by atoms with Crippen LogP contribution in [0.5, 0.6) is 0 Å². The van der Waals surface area contributed by atoms with Crippen LogP contribution in [0, 0.1) is 0 Å². The fourth-order valence-electron chi connectivity index (χ4n) is 4.60. The average molecular weight is 491 g/mol. The van der Waals surface area contributed by atoms with Gasteiger partial charge in [-0.25, -0.2) is 9.97 Å². The van der Waals surface area contributed by atoms with E-state index in [4.69, 9.17) is 0 Å². The fraction of sp³-hybridized carbons (Fsp3) is 0.400. The largest absolute Gasteiger partial charge is 0.390 e. The van der Waals surface area contributed by atoms with Crippen LogP contribution in [0.3, 0.4) is 0 Å². The molecule has 11 nitrogen and oxygen atoms in total. The maximum Gasteiger partial charge on any atom is 0.270 e. The number of H-pyrrole nitrogens is 1. The third kappa shape index (κ3) is 5.37. The minimum Gasteiger partial charge on any atom is -0.390 e. The molecule has 3 aromatic rings. The maximum atomic E-state index is 12.6. The van der Waals surface area contributed by atoms with Crippen molar-refractivity contribution in [3.05, 3.63) is 59.7 Å². The molecule has 1 aromatic carbocycles. The van der Waals surface area contributed by atoms with Gasteiger partial charge in [-0.05, 0) is 0 Å². The number of carbonyl (C=O) groups excluding carboxylic acids is 2. The van der Waals surface area contributed by atoms with Crippen LogP contribution in [0.25, 0.3) is 11.3 Å². The molecule has 11 heteroatoms. The Bertz CT molecular complexity index is 1230. The number of likely N-dealkylation sites (tertiary alicyclic amines) is 1. The summed E-state index contributed by atoms with van der Waals surface area (Å²) in [5.41, 5.74) is 4.52. The van der Waals surface area contributed by atoms with Gasteiger partial charge in [0.25, 0.3) is 5.91 Å². The Hall–Kier alpha value is -3.83. The number of aromatic amines is 1. The van der Waals surface area contributed by atoms with E-state index in [1.54, 1.807) is 17.9 Å². The van der Waals surface area contributed by atoms with Crippen LogP contribution in [0.1, 0.15) is 28.7 Å². The molecule has 0 radical (unpaired) electrons. The van der Waals surface area contributed by atoms with Gasteiger partial charge in [0.2, 0.25) is 5.91 Å². The standard InChI is InChI=1S/C25H30N8O3/c1-16(34)33-11-18(12-33)29-23-9-22(27-15-28-23)25(36)26-10-19(35)13-32-8-7-21-20(14-32)24(31-30-21)17-5-3-2-4-6-17/h2-6,9,15,18-19,35H,7-8,10-14H2,1H3,(H,26,36)(H,30,31)(H,27,28,29)/t19-/m0/s1. The normalized spacial score (nSPS) is 16.7. The summed E-state index contributed by atoms with van der Waals surface area (Å²) in [7, 11) is 0. The molecule has 188 valence electrons. The van der Waals surface area contributed by atoms with Crippen LogP contribution in [0.4, 0.5) is 5.82 Å². The van der Waals surface area contributed by atoms with Crippen molar-refractivity contribution in [3.63, 3.8) is 0 Å². The summed E-state index contributed by atoms with van der Waals surface area (Å²) in [6, 6.07) is 11.7. The third-order valence-electron chi connectivity index (χ3n) is 6.61. The number of nitrogens with zero attached hydrogens (tertiary/aromatic N) is 5. The number of aliphatic hydroxyl groups is 1. The molecule has 2 aliphatic rings. The van der Waals surface area contributed by atoms with Gasteiger partial charge in [-0.2, -0.15) is 5.10 Å². The van der Waals surface area contributed by atoms with Crippen LogP contribution in [-0.4, -0.2) is 91.8 Å². The van der Waals surface area contributed by atoms with Gasteiger partial charge in [-0.15, -0.1) is 0 Å². The lowest BCUT2D eigenvalue weighted by Crippen LogP contribution is -2.56. The first-order chi connectivity index (χ1) is 17.5. The Labute approximate surface area is 208 Å². The van der Waals surface area contributed by atoms with Crippen molar-refractivity contribution < 1.29 is 14.7 Å². The molecule has 0 saturated carbocycles. The second kappa shape index (κ2) is 10.4. The molecule has 1 atom stereocenters. The maximum absolute atomic E-state index is 12.6. The van der Waals surface area contributed by atoms with Gasteiger partial charge in [0, 0.05) is 75.5 Å². The predicted molar refractivity (Wildman–Crippen MR) is 133 cm³/mol. The van der Waals surface area contributed by atoms with E-state index in [2.05, 4.69) is 35.7 Å². The smallest absolute Gasteiger partial charge is 0.270 e. The number of fused-ring (bicyclic) bond motifs is 1. The lowest BCUT2D eigenvalue weighted by Gasteiger charge is -2.39. The topological polar surface area (TPSA) is 139 Å². The third-order valence-corrected chi connectivity index (χ3v) is 6.61. The molecule has 2 aliphatic heterocycles. The van der Waals surface area contributed by atoms with Crippen molar-refractivity contribution in [3.8, 4) is 11.3 Å². The molecule has 0 unspecified atom stereocenters. The van der Waals surface area contributed by atoms with Crippen molar-refractivity contribution >= 4 is 17.6 Å². The zero-order valence-corrected chi connectivity index (χ0v) is 20.1. The van der Waals surface area contributed by atoms with Crippen molar-refractivity contribution in [2.45, 2.75) is 32.0 Å². The monoisotopic (exact) mass is 490 g/mol. The zero-order chi connectivity index (χ0) is 25.1. The van der Waals surface area contributed by atoms with E-state index in [9.17, 15) is 14.7 Å². The highest BCUT2D eigenvalue weighted by Gasteiger charge is 2.29. The summed E-state index contributed by atoms with van der Waals surface area (Å²) < 4.78 is 0. The van der Waals surface area contributed by atoms with Gasteiger partial charge in [0.05, 0.1) is 17.8 Å². The minimum atomic E-state index is -0.727. The molecule has 4 heterocycles. The Morgan fingerprint density at radius 3 is 2.81 bits per heavy atom. The number of β-amino-alcohol motifs (C(OH)–C–C–N with tert-alkyl or cyclic N) is 1. The number of benzene rings is 1. The summed E-state index contributed by atoms with van der Waals surface area (Å²) >= 11 is 0. The molecule has 2 aromatic heterocycles. The molecule has 5 rings (SSSR count). The van der Waals surface area contributed by atoms with Crippen LogP contribution in [-0.2, 0) is 17.8 Å². The molecule has 0 bridgehead atoms. The second-order valence-corrected chi connectivity index (χ2v) is 9.30. The highest BCUT2D eigenvalue weighted by molar-refractivity contribution is 5.92. The van der Waals surface area contributed by atoms with Gasteiger partial charge in [-0.3, -0.25) is 19.6 Å². The van der Waals surface area contributed by atoms with Gasteiger partial charge >= 0.3 is 0 Å². The average Bonchev–Trinajstić information content (AvgIpc) is 3.28. The number of anilines is 1. The van der Waals surface area contributed by atoms with E-state index < -0.39 is 6.10 Å². The van der Waals surface area contributed by atoms with Crippen molar-refractivity contribution in [1.82, 2.24) is 35.3 Å². The highest BCUT2D eigenvalue weighted by atomic mass is 16.3. The SMILES string of the molecule is CC(=O)N1CC(Nc2cc(C(=O)NC[C@H](O)CN3CCc4[nH]nc(-c5ccccc5)c4C3)ncn2)C1. The van der Waals surface area contributed by atoms with Crippen LogP contribution >= 0.6 is 0 Å². The predicted octanol–water partition coefficient (Wildman–Crippen LogP) is 0.658. The molecule has 1 saturated heterocycles. The molecule has 1 fully saturated rings. The summed E-state index contributed by atoms with van der Waals surface area (Å²) in [5, 5.41) is 24.3. The molecule has 0 aliphatic carbocycles. The molecule has 4 N–H and O–H groups in total. The summed E-state index contributed by atoms with van der Waals surface area (Å²) in [4.78, 5) is 36.1. The van der Waals surface area contributed by atoms with E-state index in [-0.39, 0.29) is 30.1 Å². The zero-order valence-electron chi connectivity index (χ0n) is 20.1. The number of aliphatic hydroxyl groups excluding tert-OH is 1. The molecule has 36 heavy (non-hydrogen) atoms. The summed E-state index contributed by atoms with van der Waals surface area (Å²) in [6.45, 7) is 4.79. The lowest BCUT2D eigenvalue weighted by atomic mass is 10.0. The Morgan fingerprint density at radius 2 is 2.03 bits per heavy atom. The van der Waals surface area contributed by atoms with Crippen molar-refractivity contribution in [1.29, 1.82) is 0 Å². The van der Waals surface area contributed by atoms with Gasteiger partial charge in [0.15, 0.2) is 0 Å². The first-order valence-corrected chi connectivity index (χ1v) is 12.1. The number of aromatic nitrogens is 4. The Kier molecular flexibility index (Phi) is 6.92. The van der Waals surface area contributed by atoms with Crippen LogP contribution in [0.15, 0.2) is 42.7 Å².